The molecule has 1 heterocycles. The summed E-state index contributed by atoms with van der Waals surface area (Å²) < 4.78 is 5.10. The van der Waals surface area contributed by atoms with E-state index < -0.39 is 12.4 Å². The number of ether oxygens (including phenoxy) is 1. The molecular formula is C15H16ClN3O3. The molecule has 0 saturated carbocycles. The van der Waals surface area contributed by atoms with Gasteiger partial charge in [0.2, 0.25) is 11.1 Å². The monoisotopic (exact) mass is 321 g/mol. The number of anilines is 1. The smallest absolute Gasteiger partial charge is 0.224 e. The number of aliphatic hydroxyl groups excluding tert-OH is 1. The lowest BCUT2D eigenvalue weighted by Crippen LogP contribution is -2.11. The number of Topliss-reactive ketones (excluding diaryl/α,β-unsaturated/α-hetero) is 1. The van der Waals surface area contributed by atoms with Crippen molar-refractivity contribution >= 4 is 23.2 Å². The van der Waals surface area contributed by atoms with Crippen LogP contribution in [0.3, 0.4) is 0 Å². The molecule has 0 aliphatic heterocycles. The quantitative estimate of drug-likeness (QED) is 0.599. The minimum absolute atomic E-state index is 0.0359. The van der Waals surface area contributed by atoms with Crippen molar-refractivity contribution < 1.29 is 14.6 Å². The number of benzene rings is 1. The molecule has 6 nitrogen and oxygen atoms in total. The Labute approximate surface area is 133 Å². The van der Waals surface area contributed by atoms with Gasteiger partial charge in [0.05, 0.1) is 7.11 Å². The molecule has 1 aromatic carbocycles. The van der Waals surface area contributed by atoms with Crippen molar-refractivity contribution in [2.75, 3.05) is 25.6 Å². The number of nitrogens with zero attached hydrogens (tertiary/aromatic N) is 2. The van der Waals surface area contributed by atoms with Gasteiger partial charge in [-0.1, -0.05) is 12.1 Å². The van der Waals surface area contributed by atoms with Crippen LogP contribution in [-0.2, 0) is 6.42 Å². The van der Waals surface area contributed by atoms with E-state index in [9.17, 15) is 4.79 Å². The van der Waals surface area contributed by atoms with Crippen molar-refractivity contribution in [1.82, 2.24) is 9.97 Å². The van der Waals surface area contributed by atoms with Gasteiger partial charge in [-0.3, -0.25) is 4.79 Å². The van der Waals surface area contributed by atoms with E-state index in [0.29, 0.717) is 12.4 Å². The van der Waals surface area contributed by atoms with Crippen molar-refractivity contribution in [3.05, 3.63) is 46.9 Å². The van der Waals surface area contributed by atoms with Crippen LogP contribution in [-0.4, -0.2) is 41.1 Å². The Bertz CT molecular complexity index is 647. The van der Waals surface area contributed by atoms with E-state index in [1.807, 2.05) is 24.3 Å². The fraction of sp³-hybridized carbons (Fsp3) is 0.267. The molecule has 0 bridgehead atoms. The Kier molecular flexibility index (Phi) is 5.68. The molecule has 0 radical (unpaired) electrons. The van der Waals surface area contributed by atoms with Gasteiger partial charge in [0.25, 0.3) is 0 Å². The first-order chi connectivity index (χ1) is 10.6. The third-order valence-corrected chi connectivity index (χ3v) is 3.18. The predicted molar refractivity (Wildman–Crippen MR) is 83.6 cm³/mol. The fourth-order valence-electron chi connectivity index (χ4n) is 1.86. The number of methoxy groups -OCH3 is 1. The average molecular weight is 322 g/mol. The van der Waals surface area contributed by atoms with Gasteiger partial charge < -0.3 is 15.2 Å². The number of hydrogen-bond donors (Lipinski definition) is 2. The zero-order valence-corrected chi connectivity index (χ0v) is 12.8. The number of ketones is 1. The number of carbonyl (C=O) groups excluding carboxylic acids is 1. The van der Waals surface area contributed by atoms with Gasteiger partial charge in [-0.2, -0.15) is 0 Å². The highest BCUT2D eigenvalue weighted by Crippen LogP contribution is 2.13. The van der Waals surface area contributed by atoms with Gasteiger partial charge in [0.15, 0.2) is 0 Å². The summed E-state index contributed by atoms with van der Waals surface area (Å²) in [6.45, 7) is 0.00502. The van der Waals surface area contributed by atoms with E-state index in [2.05, 4.69) is 15.3 Å². The third kappa shape index (κ3) is 4.41. The number of nitrogens with one attached hydrogen (secondary N) is 1. The Balaban J connectivity index is 1.96. The number of rotatable bonds is 7. The molecule has 1 aromatic heterocycles. The summed E-state index contributed by atoms with van der Waals surface area (Å²) in [6, 6.07) is 9.23. The number of aliphatic hydroxyl groups is 1. The van der Waals surface area contributed by atoms with Gasteiger partial charge in [0.1, 0.15) is 23.9 Å². The summed E-state index contributed by atoms with van der Waals surface area (Å²) in [7, 11) is 1.63. The molecule has 0 saturated heterocycles. The molecule has 2 rings (SSSR count). The first-order valence-corrected chi connectivity index (χ1v) is 7.05. The molecular weight excluding hydrogens is 306 g/mol. The lowest BCUT2D eigenvalue weighted by Gasteiger charge is -2.08. The van der Waals surface area contributed by atoms with E-state index in [-0.39, 0.29) is 11.0 Å². The maximum atomic E-state index is 11.4. The van der Waals surface area contributed by atoms with E-state index >= 15 is 0 Å². The summed E-state index contributed by atoms with van der Waals surface area (Å²) in [5, 5.41) is 11.9. The molecule has 0 amide bonds. The molecule has 0 unspecified atom stereocenters. The van der Waals surface area contributed by atoms with E-state index in [0.717, 1.165) is 17.7 Å². The second kappa shape index (κ2) is 7.72. The highest BCUT2D eigenvalue weighted by Gasteiger charge is 2.09. The van der Waals surface area contributed by atoms with Crippen LogP contribution >= 0.6 is 11.6 Å². The van der Waals surface area contributed by atoms with Crippen molar-refractivity contribution in [3.63, 3.8) is 0 Å². The van der Waals surface area contributed by atoms with Crippen LogP contribution in [0.5, 0.6) is 5.75 Å². The molecule has 0 spiro atoms. The van der Waals surface area contributed by atoms with Crippen LogP contribution in [0.2, 0.25) is 5.28 Å². The minimum atomic E-state index is -0.612. The fourth-order valence-corrected chi connectivity index (χ4v) is 2.04. The van der Waals surface area contributed by atoms with Gasteiger partial charge in [0, 0.05) is 12.6 Å². The van der Waals surface area contributed by atoms with Gasteiger partial charge >= 0.3 is 0 Å². The second-order valence-electron chi connectivity index (χ2n) is 4.51. The number of halogens is 1. The maximum absolute atomic E-state index is 11.4. The van der Waals surface area contributed by atoms with Crippen molar-refractivity contribution in [2.45, 2.75) is 6.42 Å². The Morgan fingerprint density at radius 3 is 2.68 bits per heavy atom. The van der Waals surface area contributed by atoms with Crippen LogP contribution in [0.4, 0.5) is 5.82 Å². The average Bonchev–Trinajstić information content (AvgIpc) is 2.54. The third-order valence-electron chi connectivity index (χ3n) is 3.01. The summed E-state index contributed by atoms with van der Waals surface area (Å²) >= 11 is 5.77. The van der Waals surface area contributed by atoms with Crippen molar-refractivity contribution in [1.29, 1.82) is 0 Å². The summed E-state index contributed by atoms with van der Waals surface area (Å²) in [6.07, 6.45) is 0.773. The van der Waals surface area contributed by atoms with Gasteiger partial charge in [-0.25, -0.2) is 9.97 Å². The molecule has 0 fully saturated rings. The standard InChI is InChI=1S/C15H16ClN3O3/c1-22-11-4-2-10(3-5-11)6-7-17-14-8-12(13(21)9-20)18-15(16)19-14/h2-5,8,20H,6-7,9H2,1H3,(H,17,18,19). The van der Waals surface area contributed by atoms with Crippen LogP contribution in [0.25, 0.3) is 0 Å². The molecule has 2 N–H and O–H groups in total. The number of aromatic nitrogens is 2. The lowest BCUT2D eigenvalue weighted by atomic mass is 10.1. The summed E-state index contributed by atoms with van der Waals surface area (Å²) in [4.78, 5) is 19.2. The zero-order valence-electron chi connectivity index (χ0n) is 12.0. The predicted octanol–water partition coefficient (Wildman–Crippen LogP) is 1.97. The Hall–Kier alpha value is -2.18. The minimum Gasteiger partial charge on any atom is -0.497 e. The lowest BCUT2D eigenvalue weighted by molar-refractivity contribution is 0.0898. The van der Waals surface area contributed by atoms with Gasteiger partial charge in [-0.15, -0.1) is 0 Å². The summed E-state index contributed by atoms with van der Waals surface area (Å²) in [5.41, 5.74) is 1.23. The van der Waals surface area contributed by atoms with E-state index in [4.69, 9.17) is 21.4 Å². The van der Waals surface area contributed by atoms with Gasteiger partial charge in [-0.05, 0) is 35.7 Å². The zero-order chi connectivity index (χ0) is 15.9. The van der Waals surface area contributed by atoms with Crippen molar-refractivity contribution in [3.8, 4) is 5.75 Å². The molecule has 116 valence electrons. The van der Waals surface area contributed by atoms with Crippen LogP contribution < -0.4 is 10.1 Å². The highest BCUT2D eigenvalue weighted by atomic mass is 35.5. The molecule has 0 aliphatic rings. The molecule has 7 heteroatoms. The SMILES string of the molecule is COc1ccc(CCNc2cc(C(=O)CO)nc(Cl)n2)cc1. The molecule has 22 heavy (non-hydrogen) atoms. The first-order valence-electron chi connectivity index (χ1n) is 6.68. The van der Waals surface area contributed by atoms with Crippen LogP contribution in [0.1, 0.15) is 16.1 Å². The number of hydrogen-bond acceptors (Lipinski definition) is 6. The topological polar surface area (TPSA) is 84.3 Å². The summed E-state index contributed by atoms with van der Waals surface area (Å²) in [5.74, 6) is 0.763. The second-order valence-corrected chi connectivity index (χ2v) is 4.85. The highest BCUT2D eigenvalue weighted by molar-refractivity contribution is 6.28. The van der Waals surface area contributed by atoms with Crippen LogP contribution in [0, 0.1) is 0 Å². The molecule has 2 aromatic rings. The van der Waals surface area contributed by atoms with Crippen molar-refractivity contribution in [2.24, 2.45) is 0 Å². The number of carbonyl (C=O) groups is 1. The molecule has 0 atom stereocenters. The Morgan fingerprint density at radius 2 is 2.05 bits per heavy atom. The van der Waals surface area contributed by atoms with E-state index in [1.165, 1.54) is 6.07 Å². The van der Waals surface area contributed by atoms with E-state index in [1.54, 1.807) is 7.11 Å². The maximum Gasteiger partial charge on any atom is 0.224 e. The largest absolute Gasteiger partial charge is 0.497 e. The normalized spacial score (nSPS) is 10.3. The Morgan fingerprint density at radius 1 is 1.32 bits per heavy atom. The molecule has 0 aliphatic carbocycles. The van der Waals surface area contributed by atoms with Crippen LogP contribution in [0.15, 0.2) is 30.3 Å². The first kappa shape index (κ1) is 16.2.